The lowest BCUT2D eigenvalue weighted by atomic mass is 10.1. The summed E-state index contributed by atoms with van der Waals surface area (Å²) in [6.45, 7) is 2.85. The van der Waals surface area contributed by atoms with Gasteiger partial charge in [-0.25, -0.2) is 0 Å². The van der Waals surface area contributed by atoms with Crippen molar-refractivity contribution < 1.29 is 14.3 Å². The van der Waals surface area contributed by atoms with Gasteiger partial charge in [0.15, 0.2) is 0 Å². The van der Waals surface area contributed by atoms with Gasteiger partial charge in [-0.15, -0.1) is 0 Å². The highest BCUT2D eigenvalue weighted by Crippen LogP contribution is 2.20. The third kappa shape index (κ3) is 5.21. The van der Waals surface area contributed by atoms with Crippen LogP contribution in [-0.2, 0) is 16.0 Å². The normalized spacial score (nSPS) is 10.1. The van der Waals surface area contributed by atoms with Crippen molar-refractivity contribution in [3.63, 3.8) is 0 Å². The Balaban J connectivity index is 2.38. The van der Waals surface area contributed by atoms with Crippen LogP contribution >= 0.6 is 0 Å². The zero-order chi connectivity index (χ0) is 13.2. The lowest BCUT2D eigenvalue weighted by Gasteiger charge is -2.10. The van der Waals surface area contributed by atoms with E-state index in [2.05, 4.69) is 17.7 Å². The van der Waals surface area contributed by atoms with Crippen molar-refractivity contribution in [2.45, 2.75) is 39.0 Å². The molecular weight excluding hydrogens is 228 g/mol. The highest BCUT2D eigenvalue weighted by atomic mass is 16.5. The second kappa shape index (κ2) is 8.56. The number of ether oxygens (including phenoxy) is 2. The molecule has 0 aliphatic heterocycles. The SMILES string of the molecule is CCCOc1ccccc1CCCCC(=O)OC. The summed E-state index contributed by atoms with van der Waals surface area (Å²) in [5.41, 5.74) is 1.22. The van der Waals surface area contributed by atoms with Crippen LogP contribution in [0.15, 0.2) is 24.3 Å². The van der Waals surface area contributed by atoms with Gasteiger partial charge in [-0.2, -0.15) is 0 Å². The lowest BCUT2D eigenvalue weighted by molar-refractivity contribution is -0.140. The lowest BCUT2D eigenvalue weighted by Crippen LogP contribution is -2.01. The molecule has 3 heteroatoms. The molecule has 1 rings (SSSR count). The second-order valence-electron chi connectivity index (χ2n) is 4.24. The molecular formula is C15H22O3. The molecule has 0 fully saturated rings. The zero-order valence-corrected chi connectivity index (χ0v) is 11.3. The quantitative estimate of drug-likeness (QED) is 0.524. The molecule has 0 amide bonds. The Bertz CT molecular complexity index is 361. The highest BCUT2D eigenvalue weighted by molar-refractivity contribution is 5.68. The average Bonchev–Trinajstić information content (AvgIpc) is 2.42. The maximum Gasteiger partial charge on any atom is 0.305 e. The second-order valence-corrected chi connectivity index (χ2v) is 4.24. The molecule has 0 radical (unpaired) electrons. The summed E-state index contributed by atoms with van der Waals surface area (Å²) in [5, 5.41) is 0. The van der Waals surface area contributed by atoms with Gasteiger partial charge in [0.25, 0.3) is 0 Å². The largest absolute Gasteiger partial charge is 0.493 e. The summed E-state index contributed by atoms with van der Waals surface area (Å²) in [5.74, 6) is 0.836. The summed E-state index contributed by atoms with van der Waals surface area (Å²) in [6.07, 6.45) is 4.28. The van der Waals surface area contributed by atoms with Crippen LogP contribution in [0.4, 0.5) is 0 Å². The average molecular weight is 250 g/mol. The number of carbonyl (C=O) groups excluding carboxylic acids is 1. The number of para-hydroxylation sites is 1. The van der Waals surface area contributed by atoms with Gasteiger partial charge in [-0.05, 0) is 37.3 Å². The number of aryl methyl sites for hydroxylation is 1. The van der Waals surface area contributed by atoms with Crippen LogP contribution in [0.3, 0.4) is 0 Å². The molecule has 1 aromatic carbocycles. The van der Waals surface area contributed by atoms with Crippen LogP contribution in [0.2, 0.25) is 0 Å². The first-order valence-electron chi connectivity index (χ1n) is 6.55. The molecule has 18 heavy (non-hydrogen) atoms. The van der Waals surface area contributed by atoms with Crippen molar-refractivity contribution >= 4 is 5.97 Å². The molecule has 0 aromatic heterocycles. The number of esters is 1. The number of unbranched alkanes of at least 4 members (excludes halogenated alkanes) is 1. The van der Waals surface area contributed by atoms with Crippen molar-refractivity contribution in [1.29, 1.82) is 0 Å². The molecule has 0 saturated heterocycles. The molecule has 0 N–H and O–H groups in total. The first-order chi connectivity index (χ1) is 8.77. The minimum Gasteiger partial charge on any atom is -0.493 e. The molecule has 0 aliphatic rings. The predicted octanol–water partition coefficient (Wildman–Crippen LogP) is 3.36. The van der Waals surface area contributed by atoms with E-state index in [0.29, 0.717) is 6.42 Å². The molecule has 100 valence electrons. The van der Waals surface area contributed by atoms with Crippen molar-refractivity contribution in [2.24, 2.45) is 0 Å². The van der Waals surface area contributed by atoms with Crippen molar-refractivity contribution in [2.75, 3.05) is 13.7 Å². The van der Waals surface area contributed by atoms with Crippen LogP contribution in [0.5, 0.6) is 5.75 Å². The molecule has 0 atom stereocenters. The van der Waals surface area contributed by atoms with Gasteiger partial charge >= 0.3 is 5.97 Å². The number of methoxy groups -OCH3 is 1. The summed E-state index contributed by atoms with van der Waals surface area (Å²) in [4.78, 5) is 11.0. The number of benzene rings is 1. The van der Waals surface area contributed by atoms with Crippen LogP contribution in [0.1, 0.15) is 38.2 Å². The van der Waals surface area contributed by atoms with E-state index in [1.54, 1.807) is 0 Å². The van der Waals surface area contributed by atoms with E-state index in [4.69, 9.17) is 4.74 Å². The molecule has 0 bridgehead atoms. The zero-order valence-electron chi connectivity index (χ0n) is 11.3. The third-order valence-corrected chi connectivity index (χ3v) is 2.74. The fourth-order valence-electron chi connectivity index (χ4n) is 1.75. The molecule has 0 heterocycles. The van der Waals surface area contributed by atoms with Crippen molar-refractivity contribution in [3.8, 4) is 5.75 Å². The van der Waals surface area contributed by atoms with Crippen molar-refractivity contribution in [3.05, 3.63) is 29.8 Å². The fraction of sp³-hybridized carbons (Fsp3) is 0.533. The van der Waals surface area contributed by atoms with Gasteiger partial charge < -0.3 is 9.47 Å². The Kier molecular flexibility index (Phi) is 6.92. The summed E-state index contributed by atoms with van der Waals surface area (Å²) in [7, 11) is 1.43. The van der Waals surface area contributed by atoms with Crippen LogP contribution in [-0.4, -0.2) is 19.7 Å². The maximum atomic E-state index is 11.0. The minimum absolute atomic E-state index is 0.134. The van der Waals surface area contributed by atoms with Crippen LogP contribution in [0.25, 0.3) is 0 Å². The predicted molar refractivity (Wildman–Crippen MR) is 71.8 cm³/mol. The van der Waals surface area contributed by atoms with Gasteiger partial charge in [0.1, 0.15) is 5.75 Å². The number of rotatable bonds is 8. The molecule has 0 aliphatic carbocycles. The van der Waals surface area contributed by atoms with Gasteiger partial charge in [0.2, 0.25) is 0 Å². The minimum atomic E-state index is -0.134. The Morgan fingerprint density at radius 1 is 1.22 bits per heavy atom. The third-order valence-electron chi connectivity index (χ3n) is 2.74. The smallest absolute Gasteiger partial charge is 0.305 e. The first-order valence-corrected chi connectivity index (χ1v) is 6.55. The Labute approximate surface area is 109 Å². The standard InChI is InChI=1S/C15H22O3/c1-3-12-18-14-10-6-4-8-13(14)9-5-7-11-15(16)17-2/h4,6,8,10H,3,5,7,9,11-12H2,1-2H3. The Morgan fingerprint density at radius 2 is 2.00 bits per heavy atom. The van der Waals surface area contributed by atoms with Crippen LogP contribution < -0.4 is 4.74 Å². The fourth-order valence-corrected chi connectivity index (χ4v) is 1.75. The topological polar surface area (TPSA) is 35.5 Å². The molecule has 1 aromatic rings. The number of hydrogen-bond donors (Lipinski definition) is 0. The monoisotopic (exact) mass is 250 g/mol. The van der Waals surface area contributed by atoms with E-state index in [9.17, 15) is 4.79 Å². The van der Waals surface area contributed by atoms with Crippen molar-refractivity contribution in [1.82, 2.24) is 0 Å². The molecule has 0 saturated carbocycles. The van der Waals surface area contributed by atoms with Gasteiger partial charge in [-0.3, -0.25) is 4.79 Å². The van der Waals surface area contributed by atoms with E-state index < -0.39 is 0 Å². The maximum absolute atomic E-state index is 11.0. The molecule has 0 unspecified atom stereocenters. The Hall–Kier alpha value is -1.51. The number of carbonyl (C=O) groups is 1. The van der Waals surface area contributed by atoms with E-state index in [1.165, 1.54) is 12.7 Å². The molecule has 0 spiro atoms. The van der Waals surface area contributed by atoms with E-state index in [1.807, 2.05) is 18.2 Å². The number of hydrogen-bond acceptors (Lipinski definition) is 3. The van der Waals surface area contributed by atoms with Gasteiger partial charge in [-0.1, -0.05) is 25.1 Å². The van der Waals surface area contributed by atoms with E-state index >= 15 is 0 Å². The first kappa shape index (κ1) is 14.6. The summed E-state index contributed by atoms with van der Waals surface area (Å²) in [6, 6.07) is 8.10. The summed E-state index contributed by atoms with van der Waals surface area (Å²) < 4.78 is 10.3. The highest BCUT2D eigenvalue weighted by Gasteiger charge is 2.04. The van der Waals surface area contributed by atoms with E-state index in [0.717, 1.165) is 38.0 Å². The van der Waals surface area contributed by atoms with Gasteiger partial charge in [0, 0.05) is 6.42 Å². The Morgan fingerprint density at radius 3 is 2.72 bits per heavy atom. The van der Waals surface area contributed by atoms with E-state index in [-0.39, 0.29) is 5.97 Å². The van der Waals surface area contributed by atoms with Gasteiger partial charge in [0.05, 0.1) is 13.7 Å². The summed E-state index contributed by atoms with van der Waals surface area (Å²) >= 11 is 0. The molecule has 3 nitrogen and oxygen atoms in total. The van der Waals surface area contributed by atoms with Crippen LogP contribution in [0, 0.1) is 0 Å².